The van der Waals surface area contributed by atoms with Crippen molar-refractivity contribution in [2.24, 2.45) is 0 Å². The Labute approximate surface area is 143 Å². The van der Waals surface area contributed by atoms with Gasteiger partial charge in [-0.15, -0.1) is 0 Å². The molecule has 0 bridgehead atoms. The van der Waals surface area contributed by atoms with Gasteiger partial charge in [0.15, 0.2) is 0 Å². The van der Waals surface area contributed by atoms with Crippen molar-refractivity contribution in [3.05, 3.63) is 42.5 Å². The first kappa shape index (κ1) is 16.6. The summed E-state index contributed by atoms with van der Waals surface area (Å²) in [7, 11) is 2.02. The summed E-state index contributed by atoms with van der Waals surface area (Å²) < 4.78 is 0. The summed E-state index contributed by atoms with van der Waals surface area (Å²) in [5, 5.41) is 10.1. The van der Waals surface area contributed by atoms with Gasteiger partial charge in [-0.05, 0) is 38.8 Å². The van der Waals surface area contributed by atoms with E-state index in [1.165, 1.54) is 0 Å². The summed E-state index contributed by atoms with van der Waals surface area (Å²) in [5.74, 6) is 1.78. The Bertz CT molecular complexity index is 666. The van der Waals surface area contributed by atoms with Gasteiger partial charge < -0.3 is 14.9 Å². The topological polar surface area (TPSA) is 65.4 Å². The SMILES string of the molecule is CC(c1ccccn1)N(C)c1cc(N2CCC(C)(O)CC2)ncn1. The Kier molecular flexibility index (Phi) is 4.66. The zero-order chi connectivity index (χ0) is 17.2. The van der Waals surface area contributed by atoms with E-state index in [-0.39, 0.29) is 6.04 Å². The van der Waals surface area contributed by atoms with Crippen LogP contribution in [-0.2, 0) is 0 Å². The summed E-state index contributed by atoms with van der Waals surface area (Å²) in [6.45, 7) is 5.63. The lowest BCUT2D eigenvalue weighted by atomic mass is 9.94. The molecule has 2 aromatic rings. The monoisotopic (exact) mass is 327 g/mol. The van der Waals surface area contributed by atoms with Crippen LogP contribution in [0, 0.1) is 0 Å². The summed E-state index contributed by atoms with van der Waals surface area (Å²) >= 11 is 0. The van der Waals surface area contributed by atoms with Crippen molar-refractivity contribution in [2.75, 3.05) is 29.9 Å². The molecule has 2 aromatic heterocycles. The molecule has 0 saturated carbocycles. The quantitative estimate of drug-likeness (QED) is 0.930. The smallest absolute Gasteiger partial charge is 0.134 e. The number of piperidine rings is 1. The Hall–Kier alpha value is -2.21. The van der Waals surface area contributed by atoms with E-state index in [4.69, 9.17) is 0 Å². The summed E-state index contributed by atoms with van der Waals surface area (Å²) in [4.78, 5) is 17.6. The van der Waals surface area contributed by atoms with Crippen molar-refractivity contribution in [3.8, 4) is 0 Å². The fourth-order valence-corrected chi connectivity index (χ4v) is 2.94. The van der Waals surface area contributed by atoms with Crippen LogP contribution in [0.4, 0.5) is 11.6 Å². The first-order valence-electron chi connectivity index (χ1n) is 8.39. The third-order valence-electron chi connectivity index (χ3n) is 4.86. The number of aromatic nitrogens is 3. The fraction of sp³-hybridized carbons (Fsp3) is 0.500. The molecule has 0 amide bonds. The standard InChI is InChI=1S/C18H25N5O/c1-14(15-6-4-5-9-19-15)22(3)16-12-17(21-13-20-16)23-10-7-18(2,24)8-11-23/h4-6,9,12-14,24H,7-8,10-11H2,1-3H3. The number of aliphatic hydroxyl groups is 1. The molecule has 0 aromatic carbocycles. The van der Waals surface area contributed by atoms with Gasteiger partial charge >= 0.3 is 0 Å². The van der Waals surface area contributed by atoms with Crippen LogP contribution in [-0.4, -0.2) is 45.8 Å². The molecule has 128 valence electrons. The second-order valence-electron chi connectivity index (χ2n) is 6.76. The lowest BCUT2D eigenvalue weighted by Gasteiger charge is -2.36. The minimum Gasteiger partial charge on any atom is -0.390 e. The molecule has 0 aliphatic carbocycles. The molecule has 6 heteroatoms. The molecular formula is C18H25N5O. The highest BCUT2D eigenvalue weighted by Gasteiger charge is 2.28. The van der Waals surface area contributed by atoms with Gasteiger partial charge in [-0.3, -0.25) is 4.98 Å². The second kappa shape index (κ2) is 6.73. The summed E-state index contributed by atoms with van der Waals surface area (Å²) in [6, 6.07) is 8.08. The molecule has 0 radical (unpaired) electrons. The second-order valence-corrected chi connectivity index (χ2v) is 6.76. The van der Waals surface area contributed by atoms with Crippen molar-refractivity contribution < 1.29 is 5.11 Å². The zero-order valence-electron chi connectivity index (χ0n) is 14.6. The van der Waals surface area contributed by atoms with Gasteiger partial charge in [-0.25, -0.2) is 9.97 Å². The minimum atomic E-state index is -0.559. The molecule has 3 heterocycles. The zero-order valence-corrected chi connectivity index (χ0v) is 14.6. The van der Waals surface area contributed by atoms with Crippen LogP contribution in [0.25, 0.3) is 0 Å². The average Bonchev–Trinajstić information content (AvgIpc) is 2.61. The van der Waals surface area contributed by atoms with Crippen LogP contribution in [0.2, 0.25) is 0 Å². The Morgan fingerprint density at radius 3 is 2.62 bits per heavy atom. The van der Waals surface area contributed by atoms with Crippen LogP contribution < -0.4 is 9.80 Å². The van der Waals surface area contributed by atoms with Gasteiger partial charge in [0, 0.05) is 32.4 Å². The first-order chi connectivity index (χ1) is 11.5. The molecule has 0 spiro atoms. The number of nitrogens with zero attached hydrogens (tertiary/aromatic N) is 5. The van der Waals surface area contributed by atoms with Crippen LogP contribution in [0.3, 0.4) is 0 Å². The molecule has 1 aliphatic rings. The van der Waals surface area contributed by atoms with Crippen molar-refractivity contribution in [1.29, 1.82) is 0 Å². The molecule has 1 fully saturated rings. The van der Waals surface area contributed by atoms with E-state index in [0.29, 0.717) is 0 Å². The van der Waals surface area contributed by atoms with E-state index >= 15 is 0 Å². The van der Waals surface area contributed by atoms with E-state index in [0.717, 1.165) is 43.3 Å². The van der Waals surface area contributed by atoms with E-state index in [1.807, 2.05) is 44.4 Å². The van der Waals surface area contributed by atoms with Crippen molar-refractivity contribution in [3.63, 3.8) is 0 Å². The number of hydrogen-bond acceptors (Lipinski definition) is 6. The molecule has 1 saturated heterocycles. The number of rotatable bonds is 4. The van der Waals surface area contributed by atoms with E-state index in [9.17, 15) is 5.11 Å². The minimum absolute atomic E-state index is 0.121. The molecular weight excluding hydrogens is 302 g/mol. The number of anilines is 2. The first-order valence-corrected chi connectivity index (χ1v) is 8.39. The lowest BCUT2D eigenvalue weighted by Crippen LogP contribution is -2.42. The largest absolute Gasteiger partial charge is 0.390 e. The number of pyridine rings is 1. The van der Waals surface area contributed by atoms with Gasteiger partial charge in [-0.2, -0.15) is 0 Å². The highest BCUT2D eigenvalue weighted by molar-refractivity contribution is 5.51. The molecule has 1 N–H and O–H groups in total. The Morgan fingerprint density at radius 2 is 1.96 bits per heavy atom. The van der Waals surface area contributed by atoms with E-state index < -0.39 is 5.60 Å². The molecule has 1 unspecified atom stereocenters. The van der Waals surface area contributed by atoms with Gasteiger partial charge in [0.05, 0.1) is 17.3 Å². The molecule has 1 aliphatic heterocycles. The molecule has 1 atom stereocenters. The van der Waals surface area contributed by atoms with Gasteiger partial charge in [0.1, 0.15) is 18.0 Å². The maximum atomic E-state index is 10.1. The highest BCUT2D eigenvalue weighted by Crippen LogP contribution is 2.28. The van der Waals surface area contributed by atoms with Crippen LogP contribution in [0.1, 0.15) is 38.4 Å². The Balaban J connectivity index is 1.75. The normalized spacial score (nSPS) is 18.2. The van der Waals surface area contributed by atoms with E-state index in [2.05, 4.69) is 31.7 Å². The third-order valence-corrected chi connectivity index (χ3v) is 4.86. The Morgan fingerprint density at radius 1 is 1.21 bits per heavy atom. The maximum absolute atomic E-state index is 10.1. The van der Waals surface area contributed by atoms with Crippen LogP contribution in [0.15, 0.2) is 36.8 Å². The van der Waals surface area contributed by atoms with Gasteiger partial charge in [0.2, 0.25) is 0 Å². The fourth-order valence-electron chi connectivity index (χ4n) is 2.94. The average molecular weight is 327 g/mol. The maximum Gasteiger partial charge on any atom is 0.134 e. The van der Waals surface area contributed by atoms with Gasteiger partial charge in [-0.1, -0.05) is 6.07 Å². The van der Waals surface area contributed by atoms with E-state index in [1.54, 1.807) is 6.33 Å². The lowest BCUT2D eigenvalue weighted by molar-refractivity contribution is 0.0350. The number of hydrogen-bond donors (Lipinski definition) is 1. The predicted molar refractivity (Wildman–Crippen MR) is 95.2 cm³/mol. The molecule has 24 heavy (non-hydrogen) atoms. The van der Waals surface area contributed by atoms with Gasteiger partial charge in [0.25, 0.3) is 0 Å². The van der Waals surface area contributed by atoms with Crippen molar-refractivity contribution in [2.45, 2.75) is 38.3 Å². The summed E-state index contributed by atoms with van der Waals surface area (Å²) in [6.07, 6.45) is 4.93. The summed E-state index contributed by atoms with van der Waals surface area (Å²) in [5.41, 5.74) is 0.450. The van der Waals surface area contributed by atoms with Crippen molar-refractivity contribution in [1.82, 2.24) is 15.0 Å². The molecule has 3 rings (SSSR count). The highest BCUT2D eigenvalue weighted by atomic mass is 16.3. The van der Waals surface area contributed by atoms with Crippen LogP contribution >= 0.6 is 0 Å². The predicted octanol–water partition coefficient (Wildman–Crippen LogP) is 2.42. The third kappa shape index (κ3) is 3.64. The van der Waals surface area contributed by atoms with Crippen molar-refractivity contribution >= 4 is 11.6 Å². The molecule has 6 nitrogen and oxygen atoms in total. The van der Waals surface area contributed by atoms with Crippen LogP contribution in [0.5, 0.6) is 0 Å².